The van der Waals surface area contributed by atoms with Crippen molar-refractivity contribution in [3.05, 3.63) is 29.6 Å². The smallest absolute Gasteiger partial charge is 0.127 e. The third kappa shape index (κ3) is 3.33. The molecule has 20 heavy (non-hydrogen) atoms. The van der Waals surface area contributed by atoms with Crippen LogP contribution in [0, 0.1) is 6.92 Å². The monoisotopic (exact) mass is 293 g/mol. The van der Waals surface area contributed by atoms with E-state index in [1.165, 1.54) is 17.5 Å². The lowest BCUT2D eigenvalue weighted by molar-refractivity contribution is 0.387. The van der Waals surface area contributed by atoms with Crippen LogP contribution in [-0.2, 0) is 6.54 Å². The maximum atomic E-state index is 6.30. The SMILES string of the molecule is Cc1cccc2nc(C(C)Cl)n(CCCCN(C)C)c12. The van der Waals surface area contributed by atoms with Gasteiger partial charge in [0.05, 0.1) is 16.4 Å². The minimum Gasteiger partial charge on any atom is -0.327 e. The van der Waals surface area contributed by atoms with Gasteiger partial charge >= 0.3 is 0 Å². The van der Waals surface area contributed by atoms with Gasteiger partial charge in [-0.25, -0.2) is 4.98 Å². The van der Waals surface area contributed by atoms with Crippen molar-refractivity contribution in [1.82, 2.24) is 14.5 Å². The van der Waals surface area contributed by atoms with Gasteiger partial charge in [0.25, 0.3) is 0 Å². The lowest BCUT2D eigenvalue weighted by atomic mass is 10.2. The van der Waals surface area contributed by atoms with Crippen molar-refractivity contribution in [1.29, 1.82) is 0 Å². The third-order valence-corrected chi connectivity index (χ3v) is 3.79. The molecule has 1 aromatic heterocycles. The molecule has 3 nitrogen and oxygen atoms in total. The molecular weight excluding hydrogens is 270 g/mol. The highest BCUT2D eigenvalue weighted by Crippen LogP contribution is 2.27. The molecular formula is C16H24ClN3. The highest BCUT2D eigenvalue weighted by Gasteiger charge is 2.15. The van der Waals surface area contributed by atoms with E-state index >= 15 is 0 Å². The predicted molar refractivity (Wildman–Crippen MR) is 86.5 cm³/mol. The molecule has 0 amide bonds. The molecule has 2 aromatic rings. The summed E-state index contributed by atoms with van der Waals surface area (Å²) < 4.78 is 2.30. The molecule has 1 aromatic carbocycles. The van der Waals surface area contributed by atoms with Gasteiger partial charge < -0.3 is 9.47 Å². The minimum absolute atomic E-state index is 0.0596. The summed E-state index contributed by atoms with van der Waals surface area (Å²) in [7, 11) is 4.23. The van der Waals surface area contributed by atoms with E-state index in [0.717, 1.165) is 30.9 Å². The average Bonchev–Trinajstić information content (AvgIpc) is 2.75. The van der Waals surface area contributed by atoms with Crippen LogP contribution < -0.4 is 0 Å². The van der Waals surface area contributed by atoms with Crippen molar-refractivity contribution in [3.8, 4) is 0 Å². The van der Waals surface area contributed by atoms with Crippen LogP contribution in [0.25, 0.3) is 11.0 Å². The molecule has 0 bridgehead atoms. The van der Waals surface area contributed by atoms with Crippen LogP contribution in [0.15, 0.2) is 18.2 Å². The number of aryl methyl sites for hydroxylation is 2. The van der Waals surface area contributed by atoms with Crippen molar-refractivity contribution in [3.63, 3.8) is 0 Å². The van der Waals surface area contributed by atoms with E-state index in [2.05, 4.69) is 48.7 Å². The van der Waals surface area contributed by atoms with Gasteiger partial charge in [0.2, 0.25) is 0 Å². The second-order valence-electron chi connectivity index (χ2n) is 5.69. The number of hydrogen-bond donors (Lipinski definition) is 0. The topological polar surface area (TPSA) is 21.1 Å². The fraction of sp³-hybridized carbons (Fsp3) is 0.562. The quantitative estimate of drug-likeness (QED) is 0.593. The predicted octanol–water partition coefficient (Wildman–Crippen LogP) is 3.99. The van der Waals surface area contributed by atoms with E-state index in [1.807, 2.05) is 6.92 Å². The van der Waals surface area contributed by atoms with Gasteiger partial charge in [0.15, 0.2) is 0 Å². The number of para-hydroxylation sites is 1. The highest BCUT2D eigenvalue weighted by atomic mass is 35.5. The first-order valence-corrected chi connectivity index (χ1v) is 7.69. The summed E-state index contributed by atoms with van der Waals surface area (Å²) in [5.41, 5.74) is 3.56. The lowest BCUT2D eigenvalue weighted by Gasteiger charge is -2.13. The third-order valence-electron chi connectivity index (χ3n) is 3.59. The first-order valence-electron chi connectivity index (χ1n) is 7.25. The molecule has 0 N–H and O–H groups in total. The van der Waals surface area contributed by atoms with Crippen molar-refractivity contribution >= 4 is 22.6 Å². The van der Waals surface area contributed by atoms with Crippen LogP contribution in [0.1, 0.15) is 36.5 Å². The summed E-state index contributed by atoms with van der Waals surface area (Å²) >= 11 is 6.30. The maximum absolute atomic E-state index is 6.30. The lowest BCUT2D eigenvalue weighted by Crippen LogP contribution is -2.14. The van der Waals surface area contributed by atoms with Crippen LogP contribution in [-0.4, -0.2) is 35.1 Å². The Hall–Kier alpha value is -1.06. The minimum atomic E-state index is -0.0596. The summed E-state index contributed by atoms with van der Waals surface area (Å²) in [6.45, 7) is 6.25. The molecule has 4 heteroatoms. The number of nitrogens with zero attached hydrogens (tertiary/aromatic N) is 3. The number of benzene rings is 1. The van der Waals surface area contributed by atoms with Gasteiger partial charge in [-0.3, -0.25) is 0 Å². The Bertz CT molecular complexity index is 572. The molecule has 0 fully saturated rings. The largest absolute Gasteiger partial charge is 0.327 e. The van der Waals surface area contributed by atoms with Crippen LogP contribution >= 0.6 is 11.6 Å². The number of fused-ring (bicyclic) bond motifs is 1. The van der Waals surface area contributed by atoms with Crippen molar-refractivity contribution in [2.24, 2.45) is 0 Å². The molecule has 0 aliphatic heterocycles. The normalized spacial score (nSPS) is 13.3. The molecule has 1 heterocycles. The van der Waals surface area contributed by atoms with Gasteiger partial charge in [-0.15, -0.1) is 11.6 Å². The van der Waals surface area contributed by atoms with Gasteiger partial charge in [-0.05, 0) is 59.0 Å². The Morgan fingerprint density at radius 2 is 2.05 bits per heavy atom. The van der Waals surface area contributed by atoms with Crippen LogP contribution in [0.3, 0.4) is 0 Å². The average molecular weight is 294 g/mol. The van der Waals surface area contributed by atoms with E-state index in [9.17, 15) is 0 Å². The molecule has 0 aliphatic carbocycles. The molecule has 0 saturated heterocycles. The van der Waals surface area contributed by atoms with Gasteiger partial charge in [0, 0.05) is 6.54 Å². The molecule has 0 aliphatic rings. The number of hydrogen-bond acceptors (Lipinski definition) is 2. The summed E-state index contributed by atoms with van der Waals surface area (Å²) in [6.07, 6.45) is 2.34. The zero-order chi connectivity index (χ0) is 14.7. The zero-order valence-electron chi connectivity index (χ0n) is 12.9. The van der Waals surface area contributed by atoms with Gasteiger partial charge in [0.1, 0.15) is 5.82 Å². The molecule has 110 valence electrons. The van der Waals surface area contributed by atoms with E-state index < -0.39 is 0 Å². The fourth-order valence-corrected chi connectivity index (χ4v) is 2.78. The number of imidazole rings is 1. The summed E-state index contributed by atoms with van der Waals surface area (Å²) in [5.74, 6) is 0.987. The molecule has 0 radical (unpaired) electrons. The van der Waals surface area contributed by atoms with Crippen molar-refractivity contribution in [2.75, 3.05) is 20.6 Å². The zero-order valence-corrected chi connectivity index (χ0v) is 13.6. The van der Waals surface area contributed by atoms with E-state index in [1.54, 1.807) is 0 Å². The number of aromatic nitrogens is 2. The summed E-state index contributed by atoms with van der Waals surface area (Å²) in [6, 6.07) is 6.27. The standard InChI is InChI=1S/C16H24ClN3/c1-12-8-7-9-14-15(12)20(16(18-14)13(2)17)11-6-5-10-19(3)4/h7-9,13H,5-6,10-11H2,1-4H3. The fourth-order valence-electron chi connectivity index (χ4n) is 2.61. The Kier molecular flexibility index (Phi) is 5.06. The second-order valence-corrected chi connectivity index (χ2v) is 6.35. The Labute approximate surface area is 126 Å². The highest BCUT2D eigenvalue weighted by molar-refractivity contribution is 6.20. The number of alkyl halides is 1. The van der Waals surface area contributed by atoms with E-state index in [0.29, 0.717) is 0 Å². The second kappa shape index (κ2) is 6.59. The number of halogens is 1. The van der Waals surface area contributed by atoms with E-state index in [-0.39, 0.29) is 5.38 Å². The van der Waals surface area contributed by atoms with Crippen LogP contribution in [0.5, 0.6) is 0 Å². The van der Waals surface area contributed by atoms with Gasteiger partial charge in [-0.2, -0.15) is 0 Å². The first kappa shape index (κ1) is 15.3. The first-order chi connectivity index (χ1) is 9.50. The number of rotatable bonds is 6. The van der Waals surface area contributed by atoms with Crippen LogP contribution in [0.4, 0.5) is 0 Å². The maximum Gasteiger partial charge on any atom is 0.127 e. The van der Waals surface area contributed by atoms with E-state index in [4.69, 9.17) is 16.6 Å². The molecule has 0 saturated carbocycles. The molecule has 0 spiro atoms. The molecule has 1 unspecified atom stereocenters. The Morgan fingerprint density at radius 3 is 2.70 bits per heavy atom. The number of unbranched alkanes of at least 4 members (excludes halogenated alkanes) is 1. The summed E-state index contributed by atoms with van der Waals surface area (Å²) in [4.78, 5) is 6.93. The van der Waals surface area contributed by atoms with Crippen molar-refractivity contribution in [2.45, 2.75) is 38.6 Å². The Balaban J connectivity index is 2.27. The van der Waals surface area contributed by atoms with Crippen molar-refractivity contribution < 1.29 is 0 Å². The molecule has 1 atom stereocenters. The van der Waals surface area contributed by atoms with Gasteiger partial charge in [-0.1, -0.05) is 12.1 Å². The summed E-state index contributed by atoms with van der Waals surface area (Å²) in [5, 5.41) is -0.0596. The Morgan fingerprint density at radius 1 is 1.30 bits per heavy atom. The van der Waals surface area contributed by atoms with Crippen LogP contribution in [0.2, 0.25) is 0 Å². The molecule has 2 rings (SSSR count).